The predicted molar refractivity (Wildman–Crippen MR) is 209 cm³/mol. The number of thiazole rings is 1. The van der Waals surface area contributed by atoms with Gasteiger partial charge in [-0.3, -0.25) is 14.4 Å². The Morgan fingerprint density at radius 2 is 1.67 bits per heavy atom. The molecule has 12 heteroatoms. The van der Waals surface area contributed by atoms with Crippen molar-refractivity contribution in [1.82, 2.24) is 30.7 Å². The molecule has 280 valence electrons. The summed E-state index contributed by atoms with van der Waals surface area (Å²) in [6.07, 6.45) is 1.51. The number of aromatic nitrogens is 3. The van der Waals surface area contributed by atoms with E-state index < -0.39 is 29.5 Å². The first-order chi connectivity index (χ1) is 25.8. The van der Waals surface area contributed by atoms with Crippen LogP contribution in [0.2, 0.25) is 0 Å². The summed E-state index contributed by atoms with van der Waals surface area (Å²) < 4.78 is 0. The highest BCUT2D eigenvalue weighted by Crippen LogP contribution is 2.31. The van der Waals surface area contributed by atoms with Crippen LogP contribution >= 0.6 is 11.3 Å². The van der Waals surface area contributed by atoms with Gasteiger partial charge in [0.15, 0.2) is 0 Å². The van der Waals surface area contributed by atoms with Gasteiger partial charge in [-0.15, -0.1) is 11.3 Å². The van der Waals surface area contributed by atoms with Gasteiger partial charge in [-0.25, -0.2) is 4.98 Å². The van der Waals surface area contributed by atoms with Crippen LogP contribution in [0.1, 0.15) is 63.4 Å². The van der Waals surface area contributed by atoms with Crippen LogP contribution in [0.15, 0.2) is 90.6 Å². The first-order valence-corrected chi connectivity index (χ1v) is 19.0. The van der Waals surface area contributed by atoms with Gasteiger partial charge >= 0.3 is 0 Å². The van der Waals surface area contributed by atoms with Gasteiger partial charge in [-0.2, -0.15) is 10.2 Å². The fourth-order valence-corrected chi connectivity index (χ4v) is 7.53. The van der Waals surface area contributed by atoms with Crippen LogP contribution in [0.25, 0.3) is 32.8 Å². The van der Waals surface area contributed by atoms with Crippen LogP contribution in [-0.4, -0.2) is 72.7 Å². The van der Waals surface area contributed by atoms with Crippen molar-refractivity contribution in [3.05, 3.63) is 107 Å². The average Bonchev–Trinajstić information content (AvgIpc) is 3.78. The number of para-hydroxylation sites is 1. The number of phenols is 1. The Morgan fingerprint density at radius 3 is 2.33 bits per heavy atom. The fourth-order valence-electron chi connectivity index (χ4n) is 6.72. The number of carbonyl (C=O) groups excluding carboxylic acids is 3. The Morgan fingerprint density at radius 1 is 0.963 bits per heavy atom. The molecule has 0 spiro atoms. The molecule has 0 saturated carbocycles. The molecule has 3 heterocycles. The molecule has 6 rings (SSSR count). The Hall–Kier alpha value is -5.46. The van der Waals surface area contributed by atoms with E-state index in [1.165, 1.54) is 4.90 Å². The zero-order valence-electron chi connectivity index (χ0n) is 31.1. The molecule has 3 amide bonds. The lowest BCUT2D eigenvalue weighted by Crippen LogP contribution is -2.57. The molecule has 11 nitrogen and oxygen atoms in total. The predicted octanol–water partition coefficient (Wildman–Crippen LogP) is 6.25. The quantitative estimate of drug-likeness (QED) is 0.124. The normalized spacial score (nSPS) is 16.8. The molecule has 2 aromatic heterocycles. The third kappa shape index (κ3) is 8.83. The summed E-state index contributed by atoms with van der Waals surface area (Å²) in [6.45, 7) is 9.47. The number of aromatic hydroxyl groups is 1. The maximum atomic E-state index is 14.1. The minimum absolute atomic E-state index is 0.00397. The summed E-state index contributed by atoms with van der Waals surface area (Å²) in [4.78, 5) is 47.9. The molecule has 4 N–H and O–H groups in total. The van der Waals surface area contributed by atoms with Gasteiger partial charge in [0.1, 0.15) is 17.8 Å². The molecule has 1 aliphatic rings. The first-order valence-electron chi connectivity index (χ1n) is 18.1. The third-order valence-corrected chi connectivity index (χ3v) is 10.8. The number of amides is 3. The van der Waals surface area contributed by atoms with E-state index in [9.17, 15) is 24.6 Å². The number of aryl methyl sites for hydroxylation is 2. The number of carbonyl (C=O) groups is 3. The molecule has 54 heavy (non-hydrogen) atoms. The number of rotatable bonds is 11. The van der Waals surface area contributed by atoms with Crippen molar-refractivity contribution in [1.29, 1.82) is 0 Å². The van der Waals surface area contributed by atoms with Crippen LogP contribution in [0.4, 0.5) is 0 Å². The van der Waals surface area contributed by atoms with Crippen molar-refractivity contribution in [3.63, 3.8) is 0 Å². The Balaban J connectivity index is 1.06. The monoisotopic (exact) mass is 746 g/mol. The van der Waals surface area contributed by atoms with Crippen molar-refractivity contribution in [3.8, 4) is 38.6 Å². The van der Waals surface area contributed by atoms with E-state index in [1.807, 2.05) is 101 Å². The van der Waals surface area contributed by atoms with Crippen molar-refractivity contribution in [2.75, 3.05) is 6.54 Å². The number of phenolic OH excluding ortho intramolecular Hbond substituents is 1. The largest absolute Gasteiger partial charge is 0.507 e. The zero-order valence-corrected chi connectivity index (χ0v) is 31.9. The fraction of sp³-hybridized carbons (Fsp3) is 0.333. The molecule has 3 aromatic carbocycles. The SMILES string of the molecule is Cc1ncsc1-c1ccc([C@H](C)NC(=O)[C@@H]2C[C@@H](O)CN2C(=O)[C@@H](NC(=O)CCc2ccc(-c3cnnc(-c4ccccc4O)c3)cc2)C(C)(C)C)cc1. The zero-order chi connectivity index (χ0) is 38.6. The molecule has 1 saturated heterocycles. The number of aliphatic hydroxyl groups excluding tert-OH is 1. The van der Waals surface area contributed by atoms with Gasteiger partial charge in [0.05, 0.1) is 40.1 Å². The molecule has 0 unspecified atom stereocenters. The number of hydrogen-bond donors (Lipinski definition) is 4. The van der Waals surface area contributed by atoms with E-state index in [2.05, 4.69) is 25.8 Å². The Bertz CT molecular complexity index is 2110. The summed E-state index contributed by atoms with van der Waals surface area (Å²) in [7, 11) is 0. The summed E-state index contributed by atoms with van der Waals surface area (Å²) in [6, 6.07) is 22.5. The first kappa shape index (κ1) is 38.3. The smallest absolute Gasteiger partial charge is 0.246 e. The number of nitrogens with one attached hydrogen (secondary N) is 2. The van der Waals surface area contributed by atoms with Crippen LogP contribution in [-0.2, 0) is 20.8 Å². The van der Waals surface area contributed by atoms with E-state index in [0.29, 0.717) is 17.7 Å². The van der Waals surface area contributed by atoms with Gasteiger partial charge in [-0.1, -0.05) is 81.4 Å². The highest BCUT2D eigenvalue weighted by Gasteiger charge is 2.44. The van der Waals surface area contributed by atoms with Gasteiger partial charge in [0.25, 0.3) is 0 Å². The summed E-state index contributed by atoms with van der Waals surface area (Å²) in [5.41, 5.74) is 7.93. The number of β-amino-alcohol motifs (C(OH)–C–C–N with tert-alkyl or cyclic N) is 1. The standard InChI is InChI=1S/C42H46N6O5S/c1-25(28-15-17-30(18-16-28)38-26(2)43-24-54-38)45-40(52)35-21-32(49)23-48(35)41(53)39(42(3,4)5)46-37(51)19-12-27-10-13-29(14-11-27)31-20-34(47-44-22-31)33-8-6-7-9-36(33)50/h6-11,13-18,20,22,24-25,32,35,39,49-50H,12,19,21,23H2,1-5H3,(H,45,52)(H,46,51)/t25-,32+,35-,39+/m0/s1. The van der Waals surface area contributed by atoms with E-state index in [-0.39, 0.29) is 43.0 Å². The molecule has 0 bridgehead atoms. The molecule has 4 atom stereocenters. The van der Waals surface area contributed by atoms with Crippen LogP contribution in [0, 0.1) is 12.3 Å². The molecule has 0 aliphatic carbocycles. The highest BCUT2D eigenvalue weighted by atomic mass is 32.1. The minimum atomic E-state index is -0.912. The van der Waals surface area contributed by atoms with E-state index in [0.717, 1.165) is 38.4 Å². The minimum Gasteiger partial charge on any atom is -0.507 e. The van der Waals surface area contributed by atoms with Crippen molar-refractivity contribution < 1.29 is 24.6 Å². The van der Waals surface area contributed by atoms with E-state index in [4.69, 9.17) is 0 Å². The highest BCUT2D eigenvalue weighted by molar-refractivity contribution is 7.13. The van der Waals surface area contributed by atoms with Crippen molar-refractivity contribution >= 4 is 29.1 Å². The Kier molecular flexibility index (Phi) is 11.5. The molecule has 5 aromatic rings. The maximum Gasteiger partial charge on any atom is 0.246 e. The number of benzene rings is 3. The second kappa shape index (κ2) is 16.3. The topological polar surface area (TPSA) is 158 Å². The summed E-state index contributed by atoms with van der Waals surface area (Å²) in [5.74, 6) is -0.913. The molecule has 0 radical (unpaired) electrons. The van der Waals surface area contributed by atoms with Gasteiger partial charge in [0, 0.05) is 30.5 Å². The van der Waals surface area contributed by atoms with Crippen LogP contribution in [0.3, 0.4) is 0 Å². The Labute approximate surface area is 319 Å². The lowest BCUT2D eigenvalue weighted by atomic mass is 9.85. The van der Waals surface area contributed by atoms with Gasteiger partial charge < -0.3 is 25.7 Å². The van der Waals surface area contributed by atoms with E-state index >= 15 is 0 Å². The lowest BCUT2D eigenvalue weighted by Gasteiger charge is -2.35. The second-order valence-electron chi connectivity index (χ2n) is 14.9. The van der Waals surface area contributed by atoms with Gasteiger partial charge in [0.2, 0.25) is 17.7 Å². The number of aliphatic hydroxyl groups is 1. The number of hydrogen-bond acceptors (Lipinski definition) is 9. The van der Waals surface area contributed by atoms with Crippen molar-refractivity contribution in [2.45, 2.75) is 78.1 Å². The summed E-state index contributed by atoms with van der Waals surface area (Å²) >= 11 is 1.58. The summed E-state index contributed by atoms with van der Waals surface area (Å²) in [5, 5.41) is 35.2. The third-order valence-electron chi connectivity index (χ3n) is 9.82. The average molecular weight is 747 g/mol. The maximum absolute atomic E-state index is 14.1. The molecule has 1 aliphatic heterocycles. The van der Waals surface area contributed by atoms with E-state index in [1.54, 1.807) is 35.7 Å². The second-order valence-corrected chi connectivity index (χ2v) is 15.8. The lowest BCUT2D eigenvalue weighted by molar-refractivity contribution is -0.144. The molecule has 1 fully saturated rings. The van der Waals surface area contributed by atoms with Crippen LogP contribution < -0.4 is 10.6 Å². The van der Waals surface area contributed by atoms with Crippen LogP contribution in [0.5, 0.6) is 5.75 Å². The molecular weight excluding hydrogens is 701 g/mol. The van der Waals surface area contributed by atoms with Crippen molar-refractivity contribution in [2.24, 2.45) is 5.41 Å². The van der Waals surface area contributed by atoms with Gasteiger partial charge in [-0.05, 0) is 66.1 Å². The molecular formula is C42H46N6O5S. The number of nitrogens with zero attached hydrogens (tertiary/aromatic N) is 4. The number of likely N-dealkylation sites (tertiary alicyclic amines) is 1.